The first-order valence-corrected chi connectivity index (χ1v) is 12.9. The first-order chi connectivity index (χ1) is 18.9. The van der Waals surface area contributed by atoms with Crippen molar-refractivity contribution >= 4 is 28.4 Å². The van der Waals surface area contributed by atoms with Gasteiger partial charge in [0.1, 0.15) is 0 Å². The average Bonchev–Trinajstić information content (AvgIpc) is 2.97. The van der Waals surface area contributed by atoms with Crippen LogP contribution < -0.4 is 10.6 Å². The summed E-state index contributed by atoms with van der Waals surface area (Å²) < 4.78 is 0. The molecule has 7 nitrogen and oxygen atoms in total. The number of carbonyl (C=O) groups excluding carboxylic acids is 2. The number of benzene rings is 2. The summed E-state index contributed by atoms with van der Waals surface area (Å²) in [6, 6.07) is 24.2. The summed E-state index contributed by atoms with van der Waals surface area (Å²) in [5.41, 5.74) is 5.72. The van der Waals surface area contributed by atoms with Crippen molar-refractivity contribution in [3.63, 3.8) is 0 Å². The van der Waals surface area contributed by atoms with Gasteiger partial charge in [-0.1, -0.05) is 50.2 Å². The Balaban J connectivity index is 1.32. The number of hydrogen-bond acceptors (Lipinski definition) is 5. The van der Waals surface area contributed by atoms with Gasteiger partial charge in [0.25, 0.3) is 11.8 Å². The van der Waals surface area contributed by atoms with Gasteiger partial charge in [-0.25, -0.2) is 0 Å². The Kier molecular flexibility index (Phi) is 7.41. The molecule has 0 aliphatic carbocycles. The number of pyridine rings is 3. The van der Waals surface area contributed by atoms with Crippen LogP contribution in [0.4, 0.5) is 5.69 Å². The Hall–Kier alpha value is -4.91. The lowest BCUT2D eigenvalue weighted by Crippen LogP contribution is -2.27. The Morgan fingerprint density at radius 3 is 2.31 bits per heavy atom. The highest BCUT2D eigenvalue weighted by atomic mass is 16.2. The van der Waals surface area contributed by atoms with Crippen molar-refractivity contribution in [3.05, 3.63) is 120 Å². The maximum absolute atomic E-state index is 13.3. The van der Waals surface area contributed by atoms with Gasteiger partial charge >= 0.3 is 0 Å². The van der Waals surface area contributed by atoms with E-state index in [4.69, 9.17) is 0 Å². The molecule has 7 heteroatoms. The highest BCUT2D eigenvalue weighted by Crippen LogP contribution is 2.26. The first-order valence-electron chi connectivity index (χ1n) is 12.9. The fraction of sp³-hybridized carbons (Fsp3) is 0.156. The zero-order valence-electron chi connectivity index (χ0n) is 22.1. The van der Waals surface area contributed by atoms with Gasteiger partial charge in [-0.2, -0.15) is 0 Å². The number of rotatable bonds is 7. The van der Waals surface area contributed by atoms with Crippen LogP contribution in [0.15, 0.2) is 97.5 Å². The second-order valence-electron chi connectivity index (χ2n) is 9.71. The van der Waals surface area contributed by atoms with Gasteiger partial charge < -0.3 is 10.6 Å². The first kappa shape index (κ1) is 25.7. The molecule has 2 amide bonds. The zero-order chi connectivity index (χ0) is 27.4. The zero-order valence-corrected chi connectivity index (χ0v) is 22.1. The predicted octanol–water partition coefficient (Wildman–Crippen LogP) is 6.56. The van der Waals surface area contributed by atoms with E-state index in [2.05, 4.69) is 51.6 Å². The molecule has 0 saturated carbocycles. The van der Waals surface area contributed by atoms with Gasteiger partial charge in [0.15, 0.2) is 0 Å². The second kappa shape index (κ2) is 11.2. The van der Waals surface area contributed by atoms with Crippen LogP contribution in [0, 0.1) is 0 Å². The number of fused-ring (bicyclic) bond motifs is 1. The molecule has 3 aromatic heterocycles. The number of nitrogens with one attached hydrogen (secondary N) is 2. The van der Waals surface area contributed by atoms with E-state index in [-0.39, 0.29) is 17.9 Å². The SMILES string of the molecule is CC(C)c1ccc(-c2ncccc2C(=O)Nc2ccc3cc(C(=O)N[C@H](C)c4ccccn4)cnc3c2)cc1. The average molecular weight is 516 g/mol. The van der Waals surface area contributed by atoms with Gasteiger partial charge in [-0.15, -0.1) is 0 Å². The lowest BCUT2D eigenvalue weighted by Gasteiger charge is -2.13. The van der Waals surface area contributed by atoms with Crippen LogP contribution in [0.5, 0.6) is 0 Å². The summed E-state index contributed by atoms with van der Waals surface area (Å²) in [6.45, 7) is 6.18. The monoisotopic (exact) mass is 515 g/mol. The molecule has 0 saturated heterocycles. The minimum Gasteiger partial charge on any atom is -0.344 e. The van der Waals surface area contributed by atoms with Gasteiger partial charge in [0.05, 0.1) is 34.1 Å². The van der Waals surface area contributed by atoms with E-state index < -0.39 is 0 Å². The third-order valence-corrected chi connectivity index (χ3v) is 6.59. The number of anilines is 1. The van der Waals surface area contributed by atoms with Crippen LogP contribution in [0.1, 0.15) is 64.7 Å². The number of amides is 2. The molecule has 0 spiro atoms. The minimum atomic E-state index is -0.259. The lowest BCUT2D eigenvalue weighted by atomic mass is 9.99. The molecule has 3 heterocycles. The van der Waals surface area contributed by atoms with Crippen molar-refractivity contribution in [3.8, 4) is 11.3 Å². The van der Waals surface area contributed by atoms with Crippen molar-refractivity contribution < 1.29 is 9.59 Å². The maximum Gasteiger partial charge on any atom is 0.257 e. The van der Waals surface area contributed by atoms with E-state index in [1.165, 1.54) is 11.8 Å². The van der Waals surface area contributed by atoms with Crippen molar-refractivity contribution in [1.29, 1.82) is 0 Å². The Morgan fingerprint density at radius 1 is 0.769 bits per heavy atom. The van der Waals surface area contributed by atoms with Crippen molar-refractivity contribution in [2.24, 2.45) is 0 Å². The van der Waals surface area contributed by atoms with Crippen LogP contribution in [0.25, 0.3) is 22.2 Å². The number of nitrogens with zero attached hydrogens (tertiary/aromatic N) is 3. The number of aromatic nitrogens is 3. The second-order valence-corrected chi connectivity index (χ2v) is 9.71. The summed E-state index contributed by atoms with van der Waals surface area (Å²) in [5, 5.41) is 6.71. The fourth-order valence-corrected chi connectivity index (χ4v) is 4.35. The predicted molar refractivity (Wildman–Crippen MR) is 154 cm³/mol. The quantitative estimate of drug-likeness (QED) is 0.256. The molecule has 0 bridgehead atoms. The molecule has 0 fully saturated rings. The van der Waals surface area contributed by atoms with Gasteiger partial charge in [-0.05, 0) is 60.9 Å². The standard InChI is InChI=1S/C32H29N5O2/c1-20(2)22-9-11-23(12-10-22)30-27(7-6-16-34-30)32(39)37-26-14-13-24-17-25(19-35-29(24)18-26)31(38)36-21(3)28-8-4-5-15-33-28/h4-21H,1-3H3,(H,36,38)(H,37,39)/t21-/m1/s1. The third-order valence-electron chi connectivity index (χ3n) is 6.59. The molecule has 0 unspecified atom stereocenters. The molecule has 2 N–H and O–H groups in total. The highest BCUT2D eigenvalue weighted by molar-refractivity contribution is 6.08. The largest absolute Gasteiger partial charge is 0.344 e. The molecule has 0 radical (unpaired) electrons. The summed E-state index contributed by atoms with van der Waals surface area (Å²) in [5.74, 6) is -0.0666. The molecule has 39 heavy (non-hydrogen) atoms. The maximum atomic E-state index is 13.3. The summed E-state index contributed by atoms with van der Waals surface area (Å²) in [4.78, 5) is 39.3. The lowest BCUT2D eigenvalue weighted by molar-refractivity contribution is 0.0938. The van der Waals surface area contributed by atoms with Gasteiger partial charge in [0, 0.05) is 35.2 Å². The summed E-state index contributed by atoms with van der Waals surface area (Å²) in [7, 11) is 0. The topological polar surface area (TPSA) is 96.9 Å². The summed E-state index contributed by atoms with van der Waals surface area (Å²) in [6.07, 6.45) is 4.92. The molecule has 2 aromatic carbocycles. The smallest absolute Gasteiger partial charge is 0.257 e. The molecule has 194 valence electrons. The molecular weight excluding hydrogens is 486 g/mol. The highest BCUT2D eigenvalue weighted by Gasteiger charge is 2.16. The Morgan fingerprint density at radius 2 is 1.56 bits per heavy atom. The van der Waals surface area contributed by atoms with Gasteiger partial charge in [-0.3, -0.25) is 24.5 Å². The minimum absolute atomic E-state index is 0.231. The van der Waals surface area contributed by atoms with Crippen molar-refractivity contribution in [2.45, 2.75) is 32.7 Å². The van der Waals surface area contributed by atoms with Crippen molar-refractivity contribution in [2.75, 3.05) is 5.32 Å². The van der Waals surface area contributed by atoms with E-state index in [0.29, 0.717) is 33.9 Å². The third kappa shape index (κ3) is 5.83. The molecular formula is C32H29N5O2. The normalized spacial score (nSPS) is 11.8. The van der Waals surface area contributed by atoms with Crippen LogP contribution in [-0.2, 0) is 0 Å². The Bertz CT molecular complexity index is 1630. The fourth-order valence-electron chi connectivity index (χ4n) is 4.35. The van der Waals surface area contributed by atoms with E-state index in [1.54, 1.807) is 42.7 Å². The van der Waals surface area contributed by atoms with E-state index in [0.717, 1.165) is 16.6 Å². The van der Waals surface area contributed by atoms with E-state index >= 15 is 0 Å². The van der Waals surface area contributed by atoms with Crippen LogP contribution in [0.3, 0.4) is 0 Å². The molecule has 0 aliphatic heterocycles. The van der Waals surface area contributed by atoms with Crippen LogP contribution in [-0.4, -0.2) is 26.8 Å². The molecule has 5 rings (SSSR count). The number of carbonyl (C=O) groups is 2. The molecule has 0 aliphatic rings. The van der Waals surface area contributed by atoms with Crippen molar-refractivity contribution in [1.82, 2.24) is 20.3 Å². The van der Waals surface area contributed by atoms with Gasteiger partial charge in [0.2, 0.25) is 0 Å². The van der Waals surface area contributed by atoms with Crippen LogP contribution >= 0.6 is 0 Å². The molecule has 5 aromatic rings. The van der Waals surface area contributed by atoms with E-state index in [1.807, 2.05) is 43.3 Å². The summed E-state index contributed by atoms with van der Waals surface area (Å²) >= 11 is 0. The molecule has 1 atom stereocenters. The van der Waals surface area contributed by atoms with Crippen LogP contribution in [0.2, 0.25) is 0 Å². The Labute approximate surface area is 227 Å². The number of hydrogen-bond donors (Lipinski definition) is 2. The van der Waals surface area contributed by atoms with E-state index in [9.17, 15) is 9.59 Å².